The molecule has 1 aromatic carbocycles. The molecule has 0 saturated carbocycles. The minimum Gasteiger partial charge on any atom is -0.505 e. The zero-order valence-electron chi connectivity index (χ0n) is 19.2. The van der Waals surface area contributed by atoms with Crippen LogP contribution in [-0.2, 0) is 13.2 Å². The number of benzene rings is 1. The van der Waals surface area contributed by atoms with Crippen LogP contribution in [0.4, 0.5) is 11.4 Å². The number of hydrogen-bond donors (Lipinski definition) is 4. The van der Waals surface area contributed by atoms with E-state index in [1.54, 1.807) is 13.8 Å². The van der Waals surface area contributed by atoms with Gasteiger partial charge in [0.25, 0.3) is 0 Å². The number of aryl methyl sites for hydroxylation is 4. The number of aliphatic hydroxyl groups is 2. The van der Waals surface area contributed by atoms with Crippen molar-refractivity contribution in [3.63, 3.8) is 0 Å². The van der Waals surface area contributed by atoms with E-state index in [9.17, 15) is 20.4 Å². The molecular formula is C24H26MgN4O4+2. The van der Waals surface area contributed by atoms with Gasteiger partial charge in [0.05, 0.1) is 36.0 Å². The second-order valence-electron chi connectivity index (χ2n) is 7.52. The van der Waals surface area contributed by atoms with Crippen molar-refractivity contribution in [3.05, 3.63) is 69.3 Å². The fraction of sp³-hybridized carbons (Fsp3) is 0.250. The number of aliphatic imine (C=N–C) groups is 2. The zero-order valence-corrected chi connectivity index (χ0v) is 20.6. The third-order valence-corrected chi connectivity index (χ3v) is 5.31. The molecule has 0 aliphatic carbocycles. The van der Waals surface area contributed by atoms with E-state index in [0.717, 1.165) is 11.1 Å². The van der Waals surface area contributed by atoms with Gasteiger partial charge in [0.1, 0.15) is 11.5 Å². The molecule has 0 spiro atoms. The smallest absolute Gasteiger partial charge is 0.505 e. The Balaban J connectivity index is 0.00000385. The molecule has 2 heterocycles. The van der Waals surface area contributed by atoms with Crippen LogP contribution in [0.25, 0.3) is 0 Å². The Morgan fingerprint density at radius 2 is 1.09 bits per heavy atom. The third kappa shape index (κ3) is 5.74. The van der Waals surface area contributed by atoms with Crippen molar-refractivity contribution in [1.29, 1.82) is 0 Å². The van der Waals surface area contributed by atoms with Gasteiger partial charge in [0.15, 0.2) is 0 Å². The van der Waals surface area contributed by atoms with Crippen LogP contribution in [0, 0.1) is 27.7 Å². The van der Waals surface area contributed by atoms with E-state index in [1.165, 1.54) is 24.8 Å². The van der Waals surface area contributed by atoms with E-state index in [0.29, 0.717) is 45.0 Å². The summed E-state index contributed by atoms with van der Waals surface area (Å²) in [6, 6.07) is 3.74. The number of aromatic nitrogens is 2. The van der Waals surface area contributed by atoms with Crippen LogP contribution in [0.15, 0.2) is 34.5 Å². The summed E-state index contributed by atoms with van der Waals surface area (Å²) in [7, 11) is 0. The fourth-order valence-corrected chi connectivity index (χ4v) is 3.11. The summed E-state index contributed by atoms with van der Waals surface area (Å²) >= 11 is 0. The fourth-order valence-electron chi connectivity index (χ4n) is 3.11. The molecule has 0 aliphatic rings. The Morgan fingerprint density at radius 3 is 1.42 bits per heavy atom. The predicted molar refractivity (Wildman–Crippen MR) is 129 cm³/mol. The Bertz CT molecular complexity index is 1130. The van der Waals surface area contributed by atoms with Gasteiger partial charge in [0, 0.05) is 47.1 Å². The van der Waals surface area contributed by atoms with E-state index >= 15 is 0 Å². The summed E-state index contributed by atoms with van der Waals surface area (Å²) in [5.41, 5.74) is 5.64. The zero-order chi connectivity index (χ0) is 23.4. The van der Waals surface area contributed by atoms with Crippen LogP contribution >= 0.6 is 0 Å². The molecular weight excluding hydrogens is 433 g/mol. The maximum absolute atomic E-state index is 10.4. The molecule has 0 aliphatic heterocycles. The summed E-state index contributed by atoms with van der Waals surface area (Å²) in [4.78, 5) is 17.2. The molecule has 33 heavy (non-hydrogen) atoms. The van der Waals surface area contributed by atoms with E-state index in [1.807, 2.05) is 26.0 Å². The maximum atomic E-state index is 10.4. The number of hydrogen-bond acceptors (Lipinski definition) is 8. The summed E-state index contributed by atoms with van der Waals surface area (Å²) in [5, 5.41) is 39.9. The van der Waals surface area contributed by atoms with Gasteiger partial charge >= 0.3 is 23.1 Å². The number of pyridine rings is 2. The predicted octanol–water partition coefficient (Wildman–Crippen LogP) is 3.23. The molecule has 3 rings (SSSR count). The number of rotatable bonds is 6. The first-order chi connectivity index (χ1) is 15.3. The molecule has 0 bridgehead atoms. The Morgan fingerprint density at radius 1 is 0.727 bits per heavy atom. The van der Waals surface area contributed by atoms with Crippen molar-refractivity contribution in [3.8, 4) is 11.5 Å². The van der Waals surface area contributed by atoms with Gasteiger partial charge in [0.2, 0.25) is 0 Å². The molecule has 166 valence electrons. The van der Waals surface area contributed by atoms with Crippen LogP contribution in [0.5, 0.6) is 11.5 Å². The molecule has 0 radical (unpaired) electrons. The molecule has 0 fully saturated rings. The minimum atomic E-state index is -0.287. The molecule has 2 aromatic heterocycles. The topological polar surface area (TPSA) is 131 Å². The standard InChI is InChI=1S/C24H26N4O4.Mg/c1-13-5-21(27-9-19-17(11-29)7-25-15(3)23(19)31)22(6-14(13)2)28-10-20-18(12-30)8-26-16(4)24(20)32;/h5-10,29-32H,11-12H2,1-4H3;/q;+2. The molecule has 0 atom stereocenters. The van der Waals surface area contributed by atoms with Gasteiger partial charge < -0.3 is 20.4 Å². The van der Waals surface area contributed by atoms with Gasteiger partial charge in [-0.25, -0.2) is 0 Å². The average molecular weight is 459 g/mol. The third-order valence-electron chi connectivity index (χ3n) is 5.31. The van der Waals surface area contributed by atoms with E-state index in [4.69, 9.17) is 0 Å². The average Bonchev–Trinajstić information content (AvgIpc) is 2.78. The van der Waals surface area contributed by atoms with Crippen molar-refractivity contribution in [2.24, 2.45) is 9.98 Å². The number of nitrogens with zero attached hydrogens (tertiary/aromatic N) is 4. The van der Waals surface area contributed by atoms with E-state index in [-0.39, 0.29) is 47.8 Å². The van der Waals surface area contributed by atoms with E-state index in [2.05, 4.69) is 20.0 Å². The second-order valence-corrected chi connectivity index (χ2v) is 7.52. The van der Waals surface area contributed by atoms with Crippen molar-refractivity contribution in [1.82, 2.24) is 9.97 Å². The Kier molecular flexibility index (Phi) is 9.06. The molecule has 3 aromatic rings. The maximum Gasteiger partial charge on any atom is 2.00 e. The molecule has 0 amide bonds. The van der Waals surface area contributed by atoms with Gasteiger partial charge in [-0.2, -0.15) is 0 Å². The van der Waals surface area contributed by atoms with Crippen LogP contribution in [0.2, 0.25) is 0 Å². The number of aromatic hydroxyl groups is 2. The Hall–Kier alpha value is -2.85. The van der Waals surface area contributed by atoms with Gasteiger partial charge in [-0.15, -0.1) is 0 Å². The quantitative estimate of drug-likeness (QED) is 0.331. The van der Waals surface area contributed by atoms with Crippen molar-refractivity contribution < 1.29 is 20.4 Å². The van der Waals surface area contributed by atoms with Crippen molar-refractivity contribution in [2.75, 3.05) is 0 Å². The van der Waals surface area contributed by atoms with Crippen molar-refractivity contribution >= 4 is 46.9 Å². The van der Waals surface area contributed by atoms with Crippen LogP contribution < -0.4 is 0 Å². The first kappa shape index (κ1) is 26.4. The van der Waals surface area contributed by atoms with Crippen LogP contribution in [0.1, 0.15) is 44.8 Å². The molecule has 9 heteroatoms. The molecule has 0 unspecified atom stereocenters. The van der Waals surface area contributed by atoms with Crippen LogP contribution in [-0.4, -0.2) is 65.9 Å². The van der Waals surface area contributed by atoms with Gasteiger partial charge in [-0.1, -0.05) is 0 Å². The second kappa shape index (κ2) is 11.3. The summed E-state index contributed by atoms with van der Waals surface area (Å²) in [6.07, 6.45) is 5.96. The van der Waals surface area contributed by atoms with Crippen LogP contribution in [0.3, 0.4) is 0 Å². The first-order valence-corrected chi connectivity index (χ1v) is 10.0. The van der Waals surface area contributed by atoms with Gasteiger partial charge in [-0.05, 0) is 51.0 Å². The largest absolute Gasteiger partial charge is 2.00 e. The van der Waals surface area contributed by atoms with Gasteiger partial charge in [-0.3, -0.25) is 20.0 Å². The SMILES string of the molecule is Cc1cc(N=Cc2c(CO)cnc(C)c2O)c(N=Cc2c(CO)cnc(C)c2O)cc1C.[Mg+2]. The minimum absolute atomic E-state index is 0. The number of aliphatic hydroxyl groups excluding tert-OH is 2. The molecule has 4 N–H and O–H groups in total. The summed E-state index contributed by atoms with van der Waals surface area (Å²) in [6.45, 7) is 6.67. The van der Waals surface area contributed by atoms with E-state index < -0.39 is 0 Å². The molecule has 0 saturated heterocycles. The summed E-state index contributed by atoms with van der Waals surface area (Å²) < 4.78 is 0. The normalized spacial score (nSPS) is 11.3. The monoisotopic (exact) mass is 458 g/mol. The first-order valence-electron chi connectivity index (χ1n) is 10.0. The molecule has 8 nitrogen and oxygen atoms in total. The van der Waals surface area contributed by atoms with Crippen molar-refractivity contribution in [2.45, 2.75) is 40.9 Å². The summed E-state index contributed by atoms with van der Waals surface area (Å²) in [5.74, 6) is -0.0853. The Labute approximate surface area is 208 Å².